The van der Waals surface area contributed by atoms with E-state index in [1.807, 2.05) is 0 Å². The first-order chi connectivity index (χ1) is 9.27. The molecule has 0 aliphatic heterocycles. The van der Waals surface area contributed by atoms with Gasteiger partial charge in [-0.1, -0.05) is 12.1 Å². The zero-order chi connectivity index (χ0) is 14.9. The first kappa shape index (κ1) is 13.8. The van der Waals surface area contributed by atoms with E-state index in [9.17, 15) is 23.3 Å². The standard InChI is InChI=1S/C12H8F3N3O2/c13-12(14,15)8-3-1-7(2-4-8)10-5-9(18(19)20)6-11(16)17-10/h1-6H,(H2,16,17). The molecule has 0 atom stereocenters. The molecule has 0 amide bonds. The van der Waals surface area contributed by atoms with E-state index in [0.717, 1.165) is 24.3 Å². The fraction of sp³-hybridized carbons (Fsp3) is 0.0833. The van der Waals surface area contributed by atoms with Crippen LogP contribution in [0.3, 0.4) is 0 Å². The van der Waals surface area contributed by atoms with Crippen LogP contribution in [0.4, 0.5) is 24.7 Å². The van der Waals surface area contributed by atoms with Crippen LogP contribution in [0.15, 0.2) is 36.4 Å². The van der Waals surface area contributed by atoms with Crippen molar-refractivity contribution in [3.8, 4) is 11.3 Å². The van der Waals surface area contributed by atoms with Gasteiger partial charge >= 0.3 is 6.18 Å². The minimum absolute atomic E-state index is 0.0749. The van der Waals surface area contributed by atoms with E-state index in [0.29, 0.717) is 5.56 Å². The van der Waals surface area contributed by atoms with Crippen LogP contribution >= 0.6 is 0 Å². The number of hydrogen-bond donors (Lipinski definition) is 1. The highest BCUT2D eigenvalue weighted by Gasteiger charge is 2.30. The Balaban J connectivity index is 2.44. The number of nitro groups is 1. The summed E-state index contributed by atoms with van der Waals surface area (Å²) in [4.78, 5) is 13.9. The van der Waals surface area contributed by atoms with Gasteiger partial charge in [0.1, 0.15) is 5.82 Å². The van der Waals surface area contributed by atoms with Gasteiger partial charge < -0.3 is 5.73 Å². The number of pyridine rings is 1. The first-order valence-corrected chi connectivity index (χ1v) is 5.37. The van der Waals surface area contributed by atoms with Crippen molar-refractivity contribution in [2.75, 3.05) is 5.73 Å². The van der Waals surface area contributed by atoms with Crippen molar-refractivity contribution in [2.24, 2.45) is 0 Å². The molecule has 0 radical (unpaired) electrons. The van der Waals surface area contributed by atoms with Gasteiger partial charge in [0.25, 0.3) is 5.69 Å². The molecule has 104 valence electrons. The molecule has 20 heavy (non-hydrogen) atoms. The first-order valence-electron chi connectivity index (χ1n) is 5.37. The van der Waals surface area contributed by atoms with Gasteiger partial charge in [-0.25, -0.2) is 4.98 Å². The molecule has 1 aromatic heterocycles. The Hall–Kier alpha value is -2.64. The summed E-state index contributed by atoms with van der Waals surface area (Å²) in [5.41, 5.74) is 4.82. The van der Waals surface area contributed by atoms with Crippen LogP contribution in [-0.4, -0.2) is 9.91 Å². The third-order valence-electron chi connectivity index (χ3n) is 2.55. The highest BCUT2D eigenvalue weighted by atomic mass is 19.4. The van der Waals surface area contributed by atoms with E-state index < -0.39 is 16.7 Å². The lowest BCUT2D eigenvalue weighted by Gasteiger charge is -2.07. The Bertz CT molecular complexity index is 654. The number of alkyl halides is 3. The molecule has 0 spiro atoms. The third kappa shape index (κ3) is 2.85. The van der Waals surface area contributed by atoms with E-state index in [4.69, 9.17) is 5.73 Å². The lowest BCUT2D eigenvalue weighted by molar-refractivity contribution is -0.384. The SMILES string of the molecule is Nc1cc([N+](=O)[O-])cc(-c2ccc(C(F)(F)F)cc2)n1. The number of nitrogens with two attached hydrogens (primary N) is 1. The van der Waals surface area contributed by atoms with E-state index in [1.165, 1.54) is 12.1 Å². The summed E-state index contributed by atoms with van der Waals surface area (Å²) in [6.07, 6.45) is -4.44. The summed E-state index contributed by atoms with van der Waals surface area (Å²) < 4.78 is 37.3. The Morgan fingerprint density at radius 1 is 1.15 bits per heavy atom. The van der Waals surface area contributed by atoms with Gasteiger partial charge in [0.15, 0.2) is 0 Å². The number of hydrogen-bond acceptors (Lipinski definition) is 4. The zero-order valence-electron chi connectivity index (χ0n) is 9.89. The Kier molecular flexibility index (Phi) is 3.31. The summed E-state index contributed by atoms with van der Waals surface area (Å²) in [6.45, 7) is 0. The van der Waals surface area contributed by atoms with Crippen molar-refractivity contribution < 1.29 is 18.1 Å². The number of benzene rings is 1. The molecule has 8 heteroatoms. The molecule has 0 fully saturated rings. The highest BCUT2D eigenvalue weighted by Crippen LogP contribution is 2.31. The fourth-order valence-electron chi connectivity index (χ4n) is 1.62. The van der Waals surface area contributed by atoms with Gasteiger partial charge in [-0.2, -0.15) is 13.2 Å². The smallest absolute Gasteiger partial charge is 0.383 e. The Morgan fingerprint density at radius 2 is 1.75 bits per heavy atom. The molecule has 0 aliphatic rings. The van der Waals surface area contributed by atoms with Crippen molar-refractivity contribution in [1.29, 1.82) is 0 Å². The normalized spacial score (nSPS) is 11.3. The predicted octanol–water partition coefficient (Wildman–Crippen LogP) is 3.26. The number of aromatic nitrogens is 1. The Morgan fingerprint density at radius 3 is 2.25 bits per heavy atom. The summed E-state index contributed by atoms with van der Waals surface area (Å²) >= 11 is 0. The minimum Gasteiger partial charge on any atom is -0.383 e. The van der Waals surface area contributed by atoms with Crippen molar-refractivity contribution in [3.63, 3.8) is 0 Å². The van der Waals surface area contributed by atoms with Crippen LogP contribution < -0.4 is 5.73 Å². The van der Waals surface area contributed by atoms with Gasteiger partial charge in [0.05, 0.1) is 22.2 Å². The maximum Gasteiger partial charge on any atom is 0.416 e. The number of anilines is 1. The van der Waals surface area contributed by atoms with Crippen molar-refractivity contribution >= 4 is 11.5 Å². The van der Waals surface area contributed by atoms with Crippen molar-refractivity contribution in [2.45, 2.75) is 6.18 Å². The molecule has 0 bridgehead atoms. The number of rotatable bonds is 2. The monoisotopic (exact) mass is 283 g/mol. The number of nitrogens with zero attached hydrogens (tertiary/aromatic N) is 2. The summed E-state index contributed by atoms with van der Waals surface area (Å²) in [6, 6.07) is 6.37. The maximum atomic E-state index is 12.4. The predicted molar refractivity (Wildman–Crippen MR) is 65.7 cm³/mol. The quantitative estimate of drug-likeness (QED) is 0.677. The van der Waals surface area contributed by atoms with Crippen LogP contribution in [0.1, 0.15) is 5.56 Å². The number of halogens is 3. The molecule has 0 unspecified atom stereocenters. The van der Waals surface area contributed by atoms with Gasteiger partial charge in [-0.15, -0.1) is 0 Å². The van der Waals surface area contributed by atoms with Crippen molar-refractivity contribution in [3.05, 3.63) is 52.1 Å². The minimum atomic E-state index is -4.44. The molecule has 0 aliphatic carbocycles. The maximum absolute atomic E-state index is 12.4. The van der Waals surface area contributed by atoms with Gasteiger partial charge in [-0.05, 0) is 12.1 Å². The third-order valence-corrected chi connectivity index (χ3v) is 2.55. The van der Waals surface area contributed by atoms with E-state index in [2.05, 4.69) is 4.98 Å². The molecule has 0 saturated carbocycles. The van der Waals surface area contributed by atoms with E-state index >= 15 is 0 Å². The van der Waals surface area contributed by atoms with Crippen LogP contribution in [0.2, 0.25) is 0 Å². The molecule has 5 nitrogen and oxygen atoms in total. The largest absolute Gasteiger partial charge is 0.416 e. The van der Waals surface area contributed by atoms with Crippen LogP contribution in [-0.2, 0) is 6.18 Å². The number of nitrogen functional groups attached to an aromatic ring is 1. The van der Waals surface area contributed by atoms with Gasteiger partial charge in [0.2, 0.25) is 0 Å². The van der Waals surface area contributed by atoms with Crippen LogP contribution in [0, 0.1) is 10.1 Å². The second kappa shape index (κ2) is 4.80. The van der Waals surface area contributed by atoms with E-state index in [1.54, 1.807) is 0 Å². The lowest BCUT2D eigenvalue weighted by atomic mass is 10.1. The second-order valence-electron chi connectivity index (χ2n) is 3.97. The average molecular weight is 283 g/mol. The summed E-state index contributed by atoms with van der Waals surface area (Å²) in [5.74, 6) is -0.0749. The fourth-order valence-corrected chi connectivity index (χ4v) is 1.62. The highest BCUT2D eigenvalue weighted by molar-refractivity contribution is 5.65. The molecular formula is C12H8F3N3O2. The molecule has 1 aromatic carbocycles. The topological polar surface area (TPSA) is 82.0 Å². The zero-order valence-corrected chi connectivity index (χ0v) is 9.89. The molecule has 2 aromatic rings. The molecular weight excluding hydrogens is 275 g/mol. The van der Waals surface area contributed by atoms with Crippen LogP contribution in [0.25, 0.3) is 11.3 Å². The average Bonchev–Trinajstić information content (AvgIpc) is 2.37. The molecule has 2 N–H and O–H groups in total. The Labute approximate surface area is 111 Å². The lowest BCUT2D eigenvalue weighted by Crippen LogP contribution is -2.04. The summed E-state index contributed by atoms with van der Waals surface area (Å²) in [7, 11) is 0. The molecule has 0 saturated heterocycles. The van der Waals surface area contributed by atoms with Crippen LogP contribution in [0.5, 0.6) is 0 Å². The second-order valence-corrected chi connectivity index (χ2v) is 3.97. The van der Waals surface area contributed by atoms with Gasteiger partial charge in [0, 0.05) is 11.6 Å². The van der Waals surface area contributed by atoms with E-state index in [-0.39, 0.29) is 17.2 Å². The van der Waals surface area contributed by atoms with Gasteiger partial charge in [-0.3, -0.25) is 10.1 Å². The molecule has 2 rings (SSSR count). The van der Waals surface area contributed by atoms with Crippen molar-refractivity contribution in [1.82, 2.24) is 4.98 Å². The summed E-state index contributed by atoms with van der Waals surface area (Å²) in [5, 5.41) is 10.7. The molecule has 1 heterocycles.